The molecule has 168 valence electrons. The summed E-state index contributed by atoms with van der Waals surface area (Å²) in [6.07, 6.45) is 1.14. The van der Waals surface area contributed by atoms with Crippen LogP contribution in [0.1, 0.15) is 72.9 Å². The zero-order valence-corrected chi connectivity index (χ0v) is 19.4. The van der Waals surface area contributed by atoms with Crippen LogP contribution in [0.3, 0.4) is 0 Å². The first-order chi connectivity index (χ1) is 13.9. The molecule has 0 aliphatic heterocycles. The highest BCUT2D eigenvalue weighted by Gasteiger charge is 2.38. The lowest BCUT2D eigenvalue weighted by Gasteiger charge is -2.41. The lowest BCUT2D eigenvalue weighted by atomic mass is 9.96. The third kappa shape index (κ3) is 8.43. The van der Waals surface area contributed by atoms with Crippen molar-refractivity contribution in [2.45, 2.75) is 78.5 Å². The predicted octanol–water partition coefficient (Wildman–Crippen LogP) is 3.80. The molecule has 1 rings (SSSR count). The molecule has 0 bridgehead atoms. The molecule has 7 heteroatoms. The Morgan fingerprint density at radius 2 is 1.60 bits per heavy atom. The maximum Gasteiger partial charge on any atom is 0.408 e. The van der Waals surface area contributed by atoms with Crippen LogP contribution in [0.25, 0.3) is 0 Å². The summed E-state index contributed by atoms with van der Waals surface area (Å²) in [4.78, 5) is 39.8. The molecule has 0 aliphatic carbocycles. The molecular weight excluding hydrogens is 382 g/mol. The summed E-state index contributed by atoms with van der Waals surface area (Å²) < 4.78 is 5.21. The van der Waals surface area contributed by atoms with E-state index in [9.17, 15) is 14.4 Å². The Bertz CT molecular complexity index is 705. The number of rotatable bonds is 8. The molecule has 0 radical (unpaired) electrons. The molecule has 0 heterocycles. The Labute approximate surface area is 180 Å². The molecule has 30 heavy (non-hydrogen) atoms. The van der Waals surface area contributed by atoms with E-state index >= 15 is 0 Å². The molecule has 2 N–H and O–H groups in total. The van der Waals surface area contributed by atoms with Crippen LogP contribution < -0.4 is 10.6 Å². The number of hydrogen-bond acceptors (Lipinski definition) is 4. The maximum atomic E-state index is 13.2. The number of hydrogen-bond donors (Lipinski definition) is 2. The van der Waals surface area contributed by atoms with Crippen LogP contribution in [0.2, 0.25) is 0 Å². The van der Waals surface area contributed by atoms with Crippen LogP contribution in [0.15, 0.2) is 30.3 Å². The fourth-order valence-corrected chi connectivity index (χ4v) is 2.99. The van der Waals surface area contributed by atoms with E-state index in [0.29, 0.717) is 12.1 Å². The second-order valence-electron chi connectivity index (χ2n) is 9.25. The van der Waals surface area contributed by atoms with Crippen molar-refractivity contribution in [1.82, 2.24) is 15.5 Å². The van der Waals surface area contributed by atoms with Crippen molar-refractivity contribution >= 4 is 17.9 Å². The Hall–Kier alpha value is -2.57. The normalized spacial score (nSPS) is 12.6. The fourth-order valence-electron chi connectivity index (χ4n) is 2.99. The summed E-state index contributed by atoms with van der Waals surface area (Å²) >= 11 is 0. The van der Waals surface area contributed by atoms with Crippen LogP contribution in [-0.4, -0.2) is 47.0 Å². The molecule has 7 nitrogen and oxygen atoms in total. The van der Waals surface area contributed by atoms with Gasteiger partial charge in [-0.05, 0) is 53.5 Å². The van der Waals surface area contributed by atoms with E-state index in [1.54, 1.807) is 20.8 Å². The summed E-state index contributed by atoms with van der Waals surface area (Å²) in [5.74, 6) is -0.608. The molecule has 0 aliphatic rings. The SMILES string of the molecule is CCCCNC(=O)C(c1ccccc1)N(C(=O)CNC(=O)OC(C)(C)C)C(C)(C)C. The van der Waals surface area contributed by atoms with Crippen molar-refractivity contribution in [3.63, 3.8) is 0 Å². The van der Waals surface area contributed by atoms with E-state index in [1.165, 1.54) is 4.90 Å². The number of nitrogens with zero attached hydrogens (tertiary/aromatic N) is 1. The molecule has 0 fully saturated rings. The van der Waals surface area contributed by atoms with Crippen LogP contribution in [-0.2, 0) is 14.3 Å². The highest BCUT2D eigenvalue weighted by Crippen LogP contribution is 2.29. The summed E-state index contributed by atoms with van der Waals surface area (Å²) in [7, 11) is 0. The number of benzene rings is 1. The van der Waals surface area contributed by atoms with Gasteiger partial charge in [-0.15, -0.1) is 0 Å². The monoisotopic (exact) mass is 419 g/mol. The lowest BCUT2D eigenvalue weighted by Crippen LogP contribution is -2.55. The van der Waals surface area contributed by atoms with Gasteiger partial charge in [-0.25, -0.2) is 4.79 Å². The third-order valence-electron chi connectivity index (χ3n) is 4.23. The lowest BCUT2D eigenvalue weighted by molar-refractivity contribution is -0.145. The van der Waals surface area contributed by atoms with Gasteiger partial charge in [0.25, 0.3) is 0 Å². The topological polar surface area (TPSA) is 87.7 Å². The highest BCUT2D eigenvalue weighted by atomic mass is 16.6. The van der Waals surface area contributed by atoms with Crippen LogP contribution >= 0.6 is 0 Å². The van der Waals surface area contributed by atoms with Gasteiger partial charge in [0.1, 0.15) is 18.2 Å². The number of ether oxygens (including phenoxy) is 1. The second kappa shape index (κ2) is 11.0. The summed E-state index contributed by atoms with van der Waals surface area (Å²) in [5, 5.41) is 5.45. The Morgan fingerprint density at radius 3 is 2.10 bits per heavy atom. The first-order valence-electron chi connectivity index (χ1n) is 10.5. The molecule has 0 spiro atoms. The van der Waals surface area contributed by atoms with Crippen molar-refractivity contribution in [2.75, 3.05) is 13.1 Å². The van der Waals surface area contributed by atoms with Crippen molar-refractivity contribution in [2.24, 2.45) is 0 Å². The van der Waals surface area contributed by atoms with Gasteiger partial charge >= 0.3 is 6.09 Å². The summed E-state index contributed by atoms with van der Waals surface area (Å²) in [5.41, 5.74) is -0.607. The van der Waals surface area contributed by atoms with E-state index in [4.69, 9.17) is 4.74 Å². The minimum Gasteiger partial charge on any atom is -0.444 e. The van der Waals surface area contributed by atoms with Gasteiger partial charge < -0.3 is 20.3 Å². The van der Waals surface area contributed by atoms with Gasteiger partial charge in [-0.3, -0.25) is 9.59 Å². The zero-order valence-electron chi connectivity index (χ0n) is 19.4. The first-order valence-corrected chi connectivity index (χ1v) is 10.5. The Kier molecular flexibility index (Phi) is 9.33. The summed E-state index contributed by atoms with van der Waals surface area (Å²) in [6, 6.07) is 8.39. The van der Waals surface area contributed by atoms with E-state index in [1.807, 2.05) is 58.0 Å². The van der Waals surface area contributed by atoms with Crippen molar-refractivity contribution < 1.29 is 19.1 Å². The first kappa shape index (κ1) is 25.5. The molecule has 1 aromatic rings. The van der Waals surface area contributed by atoms with E-state index < -0.39 is 23.3 Å². The van der Waals surface area contributed by atoms with Crippen molar-refractivity contribution in [1.29, 1.82) is 0 Å². The zero-order chi connectivity index (χ0) is 22.9. The van der Waals surface area contributed by atoms with E-state index in [2.05, 4.69) is 10.6 Å². The average Bonchev–Trinajstić information content (AvgIpc) is 2.62. The fraction of sp³-hybridized carbons (Fsp3) is 0.609. The predicted molar refractivity (Wildman–Crippen MR) is 118 cm³/mol. The van der Waals surface area contributed by atoms with Crippen LogP contribution in [0.4, 0.5) is 4.79 Å². The smallest absolute Gasteiger partial charge is 0.408 e. The van der Waals surface area contributed by atoms with Crippen LogP contribution in [0.5, 0.6) is 0 Å². The number of carbonyl (C=O) groups is 3. The second-order valence-corrected chi connectivity index (χ2v) is 9.25. The molecule has 3 amide bonds. The molecule has 1 atom stereocenters. The third-order valence-corrected chi connectivity index (χ3v) is 4.23. The van der Waals surface area contributed by atoms with Gasteiger partial charge in [0.2, 0.25) is 11.8 Å². The highest BCUT2D eigenvalue weighted by molar-refractivity contribution is 5.90. The number of unbranched alkanes of at least 4 members (excludes halogenated alkanes) is 1. The molecule has 1 unspecified atom stereocenters. The Morgan fingerprint density at radius 1 is 1.00 bits per heavy atom. The molecule has 1 aromatic carbocycles. The summed E-state index contributed by atoms with van der Waals surface area (Å²) in [6.45, 7) is 13.2. The number of carbonyl (C=O) groups excluding carboxylic acids is 3. The quantitative estimate of drug-likeness (QED) is 0.628. The largest absolute Gasteiger partial charge is 0.444 e. The Balaban J connectivity index is 3.13. The van der Waals surface area contributed by atoms with Crippen molar-refractivity contribution in [3.8, 4) is 0 Å². The molecule has 0 saturated carbocycles. The number of nitrogens with one attached hydrogen (secondary N) is 2. The number of amides is 3. The molecule has 0 saturated heterocycles. The average molecular weight is 420 g/mol. The standard InChI is InChI=1S/C23H37N3O4/c1-8-9-15-24-20(28)19(17-13-11-10-12-14-17)26(22(2,3)4)18(27)16-25-21(29)30-23(5,6)7/h10-14,19H,8-9,15-16H2,1-7H3,(H,24,28)(H,25,29). The van der Waals surface area contributed by atoms with Crippen LogP contribution in [0, 0.1) is 0 Å². The van der Waals surface area contributed by atoms with Crippen molar-refractivity contribution in [3.05, 3.63) is 35.9 Å². The van der Waals surface area contributed by atoms with Gasteiger partial charge in [0.05, 0.1) is 0 Å². The minimum absolute atomic E-state index is 0.241. The van der Waals surface area contributed by atoms with Gasteiger partial charge in [0.15, 0.2) is 0 Å². The number of alkyl carbamates (subject to hydrolysis) is 1. The molecule has 0 aromatic heterocycles. The molecular formula is C23H37N3O4. The van der Waals surface area contributed by atoms with Gasteiger partial charge in [-0.1, -0.05) is 43.7 Å². The maximum absolute atomic E-state index is 13.2. The van der Waals surface area contributed by atoms with E-state index in [0.717, 1.165) is 12.8 Å². The minimum atomic E-state index is -0.809. The van der Waals surface area contributed by atoms with E-state index in [-0.39, 0.29) is 18.4 Å². The van der Waals surface area contributed by atoms with Gasteiger partial charge in [-0.2, -0.15) is 0 Å². The van der Waals surface area contributed by atoms with Gasteiger partial charge in [0, 0.05) is 12.1 Å².